The molecule has 1 heterocycles. The van der Waals surface area contributed by atoms with E-state index in [1.807, 2.05) is 38.1 Å². The Balaban J connectivity index is 2.50. The summed E-state index contributed by atoms with van der Waals surface area (Å²) in [6.45, 7) is 3.95. The summed E-state index contributed by atoms with van der Waals surface area (Å²) in [5.41, 5.74) is 1.75. The average molecular weight is 374 g/mol. The van der Waals surface area contributed by atoms with Gasteiger partial charge in [0.15, 0.2) is 0 Å². The van der Waals surface area contributed by atoms with Crippen LogP contribution in [0.1, 0.15) is 25.7 Å². The third-order valence-corrected chi connectivity index (χ3v) is 4.89. The molecule has 1 nitrogen and oxygen atoms in total. The number of rotatable bonds is 2. The highest BCUT2D eigenvalue weighted by molar-refractivity contribution is 9.10. The van der Waals surface area contributed by atoms with Crippen molar-refractivity contribution in [2.75, 3.05) is 0 Å². The molecule has 0 saturated carbocycles. The van der Waals surface area contributed by atoms with Crippen molar-refractivity contribution in [3.63, 3.8) is 0 Å². The number of carbonyl (C=O) groups excluding carboxylic acids is 1. The molecule has 0 atom stereocenters. The van der Waals surface area contributed by atoms with Gasteiger partial charge in [-0.15, -0.1) is 11.3 Å². The maximum absolute atomic E-state index is 12.4. The Hall–Kier alpha value is -0.450. The fraction of sp³-hybridized carbons (Fsp3) is 0.154. The molecule has 0 aliphatic carbocycles. The van der Waals surface area contributed by atoms with Crippen LogP contribution < -0.4 is 0 Å². The topological polar surface area (TPSA) is 17.1 Å². The highest BCUT2D eigenvalue weighted by atomic mass is 79.9. The molecular formula is C13H10Br2OS. The molecule has 17 heavy (non-hydrogen) atoms. The van der Waals surface area contributed by atoms with Gasteiger partial charge in [0.25, 0.3) is 0 Å². The fourth-order valence-electron chi connectivity index (χ4n) is 1.60. The van der Waals surface area contributed by atoms with Crippen LogP contribution in [0.2, 0.25) is 0 Å². The summed E-state index contributed by atoms with van der Waals surface area (Å²) in [5, 5.41) is 0. The summed E-state index contributed by atoms with van der Waals surface area (Å²) in [5.74, 6) is 0.0776. The Bertz CT molecular complexity index is 587. The molecule has 0 N–H and O–H groups in total. The second-order valence-electron chi connectivity index (χ2n) is 3.82. The Morgan fingerprint density at radius 3 is 2.47 bits per heavy atom. The summed E-state index contributed by atoms with van der Waals surface area (Å²) in [4.78, 5) is 14.3. The summed E-state index contributed by atoms with van der Waals surface area (Å²) in [6.07, 6.45) is 0. The lowest BCUT2D eigenvalue weighted by molar-refractivity contribution is 0.104. The van der Waals surface area contributed by atoms with Crippen LogP contribution in [0.3, 0.4) is 0 Å². The monoisotopic (exact) mass is 372 g/mol. The highest BCUT2D eigenvalue weighted by Gasteiger charge is 2.17. The molecule has 1 aromatic carbocycles. The highest BCUT2D eigenvalue weighted by Crippen LogP contribution is 2.30. The van der Waals surface area contributed by atoms with Gasteiger partial charge in [-0.05, 0) is 53.5 Å². The molecule has 88 valence electrons. The molecule has 0 amide bonds. The van der Waals surface area contributed by atoms with Crippen molar-refractivity contribution in [3.05, 3.63) is 54.1 Å². The van der Waals surface area contributed by atoms with Gasteiger partial charge in [0, 0.05) is 19.4 Å². The number of carbonyl (C=O) groups is 1. The molecule has 2 rings (SSSR count). The van der Waals surface area contributed by atoms with Crippen LogP contribution in [0.5, 0.6) is 0 Å². The predicted octanol–water partition coefficient (Wildman–Crippen LogP) is 5.12. The van der Waals surface area contributed by atoms with E-state index in [-0.39, 0.29) is 5.78 Å². The van der Waals surface area contributed by atoms with E-state index in [4.69, 9.17) is 0 Å². The molecule has 0 spiro atoms. The van der Waals surface area contributed by atoms with Gasteiger partial charge in [-0.25, -0.2) is 0 Å². The molecule has 2 aromatic rings. The molecule has 0 radical (unpaired) electrons. The van der Waals surface area contributed by atoms with E-state index in [9.17, 15) is 4.79 Å². The van der Waals surface area contributed by atoms with Gasteiger partial charge in [0.1, 0.15) is 0 Å². The number of halogens is 2. The van der Waals surface area contributed by atoms with Crippen LogP contribution in [-0.4, -0.2) is 5.78 Å². The molecule has 4 heteroatoms. The lowest BCUT2D eigenvalue weighted by atomic mass is 10.0. The van der Waals surface area contributed by atoms with Crippen LogP contribution in [-0.2, 0) is 0 Å². The van der Waals surface area contributed by atoms with Gasteiger partial charge in [-0.2, -0.15) is 0 Å². The van der Waals surface area contributed by atoms with Crippen LogP contribution >= 0.6 is 43.2 Å². The molecular weight excluding hydrogens is 364 g/mol. The maximum atomic E-state index is 12.4. The number of benzene rings is 1. The minimum atomic E-state index is 0.0776. The summed E-state index contributed by atoms with van der Waals surface area (Å²) < 4.78 is 1.81. The largest absolute Gasteiger partial charge is 0.288 e. The van der Waals surface area contributed by atoms with Crippen LogP contribution in [0, 0.1) is 13.8 Å². The second kappa shape index (κ2) is 5.04. The quantitative estimate of drug-likeness (QED) is 0.667. The van der Waals surface area contributed by atoms with E-state index in [2.05, 4.69) is 31.9 Å². The fourth-order valence-corrected chi connectivity index (χ4v) is 3.74. The van der Waals surface area contributed by atoms with Crippen LogP contribution in [0.15, 0.2) is 33.2 Å². The minimum Gasteiger partial charge on any atom is -0.288 e. The number of hydrogen-bond acceptors (Lipinski definition) is 2. The first kappa shape index (κ1) is 13.0. The molecule has 0 fully saturated rings. The zero-order chi connectivity index (χ0) is 12.6. The zero-order valence-electron chi connectivity index (χ0n) is 9.38. The Morgan fingerprint density at radius 2 is 1.88 bits per heavy atom. The van der Waals surface area contributed by atoms with Crippen molar-refractivity contribution in [1.29, 1.82) is 0 Å². The van der Waals surface area contributed by atoms with Gasteiger partial charge in [-0.3, -0.25) is 4.79 Å². The van der Waals surface area contributed by atoms with Gasteiger partial charge < -0.3 is 0 Å². The van der Waals surface area contributed by atoms with Gasteiger partial charge in [0.05, 0.1) is 4.88 Å². The number of ketones is 1. The van der Waals surface area contributed by atoms with E-state index in [1.54, 1.807) is 0 Å². The average Bonchev–Trinajstić information content (AvgIpc) is 2.60. The first-order chi connectivity index (χ1) is 7.99. The molecule has 0 bridgehead atoms. The standard InChI is InChI=1S/C13H10Br2OS/c1-7-3-4-9(14)6-10(7)12(16)13-11(15)5-8(2)17-13/h3-6H,1-2H3. The van der Waals surface area contributed by atoms with E-state index in [0.29, 0.717) is 0 Å². The predicted molar refractivity (Wildman–Crippen MR) is 79.1 cm³/mol. The molecule has 0 saturated heterocycles. The zero-order valence-corrected chi connectivity index (χ0v) is 13.4. The third kappa shape index (κ3) is 2.69. The van der Waals surface area contributed by atoms with Gasteiger partial charge in [-0.1, -0.05) is 22.0 Å². The van der Waals surface area contributed by atoms with Crippen molar-refractivity contribution in [3.8, 4) is 0 Å². The van der Waals surface area contributed by atoms with Crippen LogP contribution in [0.4, 0.5) is 0 Å². The molecule has 0 aliphatic heterocycles. The van der Waals surface area contributed by atoms with E-state index < -0.39 is 0 Å². The Labute approximate surface area is 121 Å². The summed E-state index contributed by atoms with van der Waals surface area (Å²) >= 11 is 8.36. The Kier molecular flexibility index (Phi) is 3.85. The normalized spacial score (nSPS) is 10.6. The first-order valence-electron chi connectivity index (χ1n) is 5.06. The SMILES string of the molecule is Cc1cc(Br)c(C(=O)c2cc(Br)ccc2C)s1. The van der Waals surface area contributed by atoms with Crippen LogP contribution in [0.25, 0.3) is 0 Å². The van der Waals surface area contributed by atoms with E-state index in [1.165, 1.54) is 11.3 Å². The van der Waals surface area contributed by atoms with Crippen molar-refractivity contribution in [2.45, 2.75) is 13.8 Å². The third-order valence-electron chi connectivity index (χ3n) is 2.46. The van der Waals surface area contributed by atoms with Crippen molar-refractivity contribution < 1.29 is 4.79 Å². The minimum absolute atomic E-state index is 0.0776. The number of aryl methyl sites for hydroxylation is 2. The van der Waals surface area contributed by atoms with Gasteiger partial charge >= 0.3 is 0 Å². The van der Waals surface area contributed by atoms with E-state index in [0.717, 1.165) is 29.8 Å². The van der Waals surface area contributed by atoms with Gasteiger partial charge in [0.2, 0.25) is 5.78 Å². The number of thiophene rings is 1. The molecule has 0 unspecified atom stereocenters. The second-order valence-corrected chi connectivity index (χ2v) is 6.85. The number of hydrogen-bond donors (Lipinski definition) is 0. The lowest BCUT2D eigenvalue weighted by Gasteiger charge is -2.04. The van der Waals surface area contributed by atoms with Crippen molar-refractivity contribution >= 4 is 49.0 Å². The lowest BCUT2D eigenvalue weighted by Crippen LogP contribution is -2.02. The van der Waals surface area contributed by atoms with Crippen molar-refractivity contribution in [2.24, 2.45) is 0 Å². The van der Waals surface area contributed by atoms with E-state index >= 15 is 0 Å². The Morgan fingerprint density at radius 1 is 1.18 bits per heavy atom. The first-order valence-corrected chi connectivity index (χ1v) is 7.46. The summed E-state index contributed by atoms with van der Waals surface area (Å²) in [6, 6.07) is 7.75. The molecule has 1 aromatic heterocycles. The smallest absolute Gasteiger partial charge is 0.204 e. The van der Waals surface area contributed by atoms with Crippen molar-refractivity contribution in [1.82, 2.24) is 0 Å². The molecule has 0 aliphatic rings. The maximum Gasteiger partial charge on any atom is 0.204 e. The summed E-state index contributed by atoms with van der Waals surface area (Å²) in [7, 11) is 0.